The molecule has 7 heteroatoms. The first kappa shape index (κ1) is 19.7. The van der Waals surface area contributed by atoms with Gasteiger partial charge in [-0.1, -0.05) is 17.5 Å². The third-order valence-electron chi connectivity index (χ3n) is 2.66. The molecule has 1 atom stereocenters. The second-order valence-corrected chi connectivity index (χ2v) is 6.22. The number of amides is 1. The van der Waals surface area contributed by atoms with Gasteiger partial charge in [0.05, 0.1) is 18.4 Å². The molecule has 0 aliphatic heterocycles. The maximum absolute atomic E-state index is 12.4. The normalized spacial score (nSPS) is 12.2. The van der Waals surface area contributed by atoms with Crippen molar-refractivity contribution in [2.24, 2.45) is 4.99 Å². The van der Waals surface area contributed by atoms with Gasteiger partial charge in [0.2, 0.25) is 0 Å². The van der Waals surface area contributed by atoms with Crippen molar-refractivity contribution in [3.05, 3.63) is 24.5 Å². The van der Waals surface area contributed by atoms with Crippen LogP contribution >= 0.6 is 11.6 Å². The third-order valence-corrected chi connectivity index (χ3v) is 2.88. The first-order chi connectivity index (χ1) is 11.2. The van der Waals surface area contributed by atoms with Crippen molar-refractivity contribution >= 4 is 34.8 Å². The van der Waals surface area contributed by atoms with Gasteiger partial charge in [0.15, 0.2) is 0 Å². The standard InChI is InChI=1S/C17H21ClN4O2/c1-5-6-10-22(16(23)24-17(2,3)4)14(15(18)19)12-21-13-8-7-9-20-11-13/h7-9,11-12,14,19H,10H2,1-4H3. The Hall–Kier alpha value is -2.39. The molecule has 0 saturated carbocycles. The molecule has 0 aliphatic carbocycles. The highest BCUT2D eigenvalue weighted by Crippen LogP contribution is 2.14. The Labute approximate surface area is 147 Å². The van der Waals surface area contributed by atoms with E-state index in [0.717, 1.165) is 0 Å². The smallest absolute Gasteiger partial charge is 0.411 e. The number of carbonyl (C=O) groups is 1. The summed E-state index contributed by atoms with van der Waals surface area (Å²) < 4.78 is 5.37. The van der Waals surface area contributed by atoms with Gasteiger partial charge in [0.1, 0.15) is 16.8 Å². The molecule has 0 aromatic carbocycles. The second-order valence-electron chi connectivity index (χ2n) is 5.82. The van der Waals surface area contributed by atoms with Gasteiger partial charge in [-0.25, -0.2) is 4.79 Å². The number of ether oxygens (including phenoxy) is 1. The van der Waals surface area contributed by atoms with Crippen molar-refractivity contribution in [2.75, 3.05) is 6.54 Å². The van der Waals surface area contributed by atoms with Gasteiger partial charge in [-0.15, -0.1) is 5.92 Å². The number of carbonyl (C=O) groups excluding carboxylic acids is 1. The molecule has 0 aliphatic rings. The lowest BCUT2D eigenvalue weighted by molar-refractivity contribution is 0.0279. The summed E-state index contributed by atoms with van der Waals surface area (Å²) >= 11 is 5.88. The highest BCUT2D eigenvalue weighted by Gasteiger charge is 2.29. The van der Waals surface area contributed by atoms with E-state index in [2.05, 4.69) is 21.8 Å². The Morgan fingerprint density at radius 3 is 2.79 bits per heavy atom. The lowest BCUT2D eigenvalue weighted by atomic mass is 10.2. The number of hydrogen-bond donors (Lipinski definition) is 1. The predicted molar refractivity (Wildman–Crippen MR) is 96.1 cm³/mol. The average Bonchev–Trinajstić information content (AvgIpc) is 2.49. The molecule has 6 nitrogen and oxygen atoms in total. The summed E-state index contributed by atoms with van der Waals surface area (Å²) in [4.78, 5) is 21.9. The Morgan fingerprint density at radius 2 is 2.29 bits per heavy atom. The fourth-order valence-electron chi connectivity index (χ4n) is 1.63. The molecule has 1 aromatic heterocycles. The van der Waals surface area contributed by atoms with E-state index in [9.17, 15) is 4.79 Å². The van der Waals surface area contributed by atoms with Crippen LogP contribution in [0.25, 0.3) is 0 Å². The van der Waals surface area contributed by atoms with Crippen molar-refractivity contribution in [3.63, 3.8) is 0 Å². The second kappa shape index (κ2) is 9.04. The van der Waals surface area contributed by atoms with Crippen molar-refractivity contribution < 1.29 is 9.53 Å². The van der Waals surface area contributed by atoms with Gasteiger partial charge >= 0.3 is 6.09 Å². The fourth-order valence-corrected chi connectivity index (χ4v) is 1.80. The number of hydrogen-bond acceptors (Lipinski definition) is 5. The summed E-state index contributed by atoms with van der Waals surface area (Å²) in [7, 11) is 0. The van der Waals surface area contributed by atoms with Crippen LogP contribution in [-0.2, 0) is 4.74 Å². The number of nitrogens with one attached hydrogen (secondary N) is 1. The lowest BCUT2D eigenvalue weighted by Crippen LogP contribution is -2.47. The minimum Gasteiger partial charge on any atom is -0.444 e. The Bertz CT molecular complexity index is 657. The highest BCUT2D eigenvalue weighted by molar-refractivity contribution is 6.67. The summed E-state index contributed by atoms with van der Waals surface area (Å²) in [5.74, 6) is 5.51. The van der Waals surface area contributed by atoms with E-state index >= 15 is 0 Å². The van der Waals surface area contributed by atoms with E-state index in [4.69, 9.17) is 21.7 Å². The number of aliphatic imine (C=N–C) groups is 1. The molecular formula is C17H21ClN4O2. The van der Waals surface area contributed by atoms with E-state index in [1.807, 2.05) is 0 Å². The maximum Gasteiger partial charge on any atom is 0.411 e. The molecule has 1 amide bonds. The van der Waals surface area contributed by atoms with Crippen molar-refractivity contribution in [1.29, 1.82) is 5.41 Å². The minimum absolute atomic E-state index is 0.0737. The van der Waals surface area contributed by atoms with E-state index in [1.165, 1.54) is 11.1 Å². The SMILES string of the molecule is CC#CCN(C(=O)OC(C)(C)C)C(C=Nc1cccnc1)C(=N)Cl. The molecule has 1 aromatic rings. The van der Waals surface area contributed by atoms with Gasteiger partial charge in [0, 0.05) is 12.4 Å². The van der Waals surface area contributed by atoms with Crippen LogP contribution in [0, 0.1) is 17.3 Å². The monoisotopic (exact) mass is 348 g/mol. The van der Waals surface area contributed by atoms with Crippen molar-refractivity contribution in [2.45, 2.75) is 39.3 Å². The lowest BCUT2D eigenvalue weighted by Gasteiger charge is -2.29. The Kier molecular flexibility index (Phi) is 7.40. The van der Waals surface area contributed by atoms with Gasteiger partial charge in [-0.05, 0) is 39.8 Å². The van der Waals surface area contributed by atoms with Crippen LogP contribution < -0.4 is 0 Å². The summed E-state index contributed by atoms with van der Waals surface area (Å²) in [6.07, 6.45) is 3.99. The molecular weight excluding hydrogens is 328 g/mol. The van der Waals surface area contributed by atoms with E-state index in [-0.39, 0.29) is 11.7 Å². The summed E-state index contributed by atoms with van der Waals surface area (Å²) in [6, 6.07) is 2.62. The predicted octanol–water partition coefficient (Wildman–Crippen LogP) is 3.63. The van der Waals surface area contributed by atoms with Crippen molar-refractivity contribution in [1.82, 2.24) is 9.88 Å². The summed E-state index contributed by atoms with van der Waals surface area (Å²) in [6.45, 7) is 7.03. The van der Waals surface area contributed by atoms with Gasteiger partial charge < -0.3 is 4.74 Å². The first-order valence-electron chi connectivity index (χ1n) is 7.32. The van der Waals surface area contributed by atoms with E-state index < -0.39 is 17.7 Å². The average molecular weight is 349 g/mol. The molecule has 128 valence electrons. The topological polar surface area (TPSA) is 78.6 Å². The Balaban J connectivity index is 3.07. The van der Waals surface area contributed by atoms with Gasteiger partial charge in [-0.2, -0.15) is 0 Å². The summed E-state index contributed by atoms with van der Waals surface area (Å²) in [5.41, 5.74) is -0.0831. The summed E-state index contributed by atoms with van der Waals surface area (Å²) in [5, 5.41) is 7.51. The molecule has 0 saturated heterocycles. The van der Waals surface area contributed by atoms with E-state index in [1.54, 1.807) is 52.2 Å². The number of rotatable bonds is 5. The molecule has 0 bridgehead atoms. The molecule has 1 unspecified atom stereocenters. The zero-order valence-corrected chi connectivity index (χ0v) is 15.0. The molecule has 24 heavy (non-hydrogen) atoms. The number of aromatic nitrogens is 1. The van der Waals surface area contributed by atoms with Crippen LogP contribution in [0.1, 0.15) is 27.7 Å². The Morgan fingerprint density at radius 1 is 1.58 bits per heavy atom. The number of pyridine rings is 1. The fraction of sp³-hybridized carbons (Fsp3) is 0.412. The number of nitrogens with zero attached hydrogens (tertiary/aromatic N) is 3. The zero-order chi connectivity index (χ0) is 18.2. The zero-order valence-electron chi connectivity index (χ0n) is 14.2. The minimum atomic E-state index is -0.873. The molecule has 0 fully saturated rings. The highest BCUT2D eigenvalue weighted by atomic mass is 35.5. The third kappa shape index (κ3) is 6.80. The van der Waals surface area contributed by atoms with Crippen LogP contribution in [0.4, 0.5) is 10.5 Å². The van der Waals surface area contributed by atoms with Gasteiger partial charge in [-0.3, -0.25) is 20.3 Å². The number of halogens is 1. The maximum atomic E-state index is 12.4. The quantitative estimate of drug-likeness (QED) is 0.651. The molecule has 1 heterocycles. The van der Waals surface area contributed by atoms with Crippen LogP contribution in [0.15, 0.2) is 29.5 Å². The van der Waals surface area contributed by atoms with Crippen LogP contribution in [0.3, 0.4) is 0 Å². The molecule has 0 radical (unpaired) electrons. The van der Waals surface area contributed by atoms with Gasteiger partial charge in [0.25, 0.3) is 0 Å². The molecule has 0 spiro atoms. The molecule has 1 N–H and O–H groups in total. The van der Waals surface area contributed by atoms with Crippen LogP contribution in [0.2, 0.25) is 0 Å². The van der Waals surface area contributed by atoms with Crippen LogP contribution in [0.5, 0.6) is 0 Å². The van der Waals surface area contributed by atoms with Crippen LogP contribution in [-0.4, -0.2) is 45.6 Å². The van der Waals surface area contributed by atoms with Crippen molar-refractivity contribution in [3.8, 4) is 11.8 Å². The molecule has 1 rings (SSSR count). The van der Waals surface area contributed by atoms with E-state index in [0.29, 0.717) is 5.69 Å². The first-order valence-corrected chi connectivity index (χ1v) is 7.70. The largest absolute Gasteiger partial charge is 0.444 e.